The van der Waals surface area contributed by atoms with Crippen LogP contribution in [0.25, 0.3) is 0 Å². The van der Waals surface area contributed by atoms with Crippen molar-refractivity contribution in [1.82, 2.24) is 9.97 Å². The van der Waals surface area contributed by atoms with Crippen molar-refractivity contribution in [3.8, 4) is 0 Å². The Balaban J connectivity index is 1.74. The van der Waals surface area contributed by atoms with Crippen molar-refractivity contribution >= 4 is 29.0 Å². The van der Waals surface area contributed by atoms with Crippen molar-refractivity contribution in [2.45, 2.75) is 24.9 Å². The van der Waals surface area contributed by atoms with Gasteiger partial charge in [-0.15, -0.1) is 0 Å². The highest BCUT2D eigenvalue weighted by molar-refractivity contribution is 7.99. The van der Waals surface area contributed by atoms with Crippen molar-refractivity contribution in [2.24, 2.45) is 0 Å². The third-order valence-electron chi connectivity index (χ3n) is 2.86. The zero-order valence-corrected chi connectivity index (χ0v) is 12.7. The van der Waals surface area contributed by atoms with Crippen LogP contribution in [0.3, 0.4) is 0 Å². The van der Waals surface area contributed by atoms with Crippen LogP contribution in [0.4, 0.5) is 11.4 Å². The lowest BCUT2D eigenvalue weighted by Gasteiger charge is -2.09. The molecule has 5 nitrogen and oxygen atoms in total. The lowest BCUT2D eigenvalue weighted by atomic mass is 10.1. The first kappa shape index (κ1) is 15.3. The number of nitrogen functional groups attached to an aromatic ring is 1. The molecular weight excluding hydrogens is 284 g/mol. The molecule has 6 heteroatoms. The number of benzene rings is 1. The van der Waals surface area contributed by atoms with Gasteiger partial charge in [0.15, 0.2) is 5.16 Å². The van der Waals surface area contributed by atoms with Crippen LogP contribution in [-0.4, -0.2) is 21.6 Å². The number of aromatic nitrogens is 2. The SMILES string of the molecule is Cc1ccc(N)cc1NC(=O)CCCSc1ncccn1. The molecule has 0 saturated heterocycles. The number of hydrogen-bond acceptors (Lipinski definition) is 5. The zero-order chi connectivity index (χ0) is 15.1. The van der Waals surface area contributed by atoms with Crippen molar-refractivity contribution in [1.29, 1.82) is 0 Å². The first-order valence-corrected chi connectivity index (χ1v) is 7.69. The second kappa shape index (κ2) is 7.64. The van der Waals surface area contributed by atoms with E-state index in [1.807, 2.05) is 19.1 Å². The molecule has 0 aliphatic heterocycles. The van der Waals surface area contributed by atoms with E-state index >= 15 is 0 Å². The van der Waals surface area contributed by atoms with Gasteiger partial charge in [-0.3, -0.25) is 4.79 Å². The fourth-order valence-electron chi connectivity index (χ4n) is 1.74. The summed E-state index contributed by atoms with van der Waals surface area (Å²) in [5, 5.41) is 3.63. The predicted molar refractivity (Wildman–Crippen MR) is 86.2 cm³/mol. The molecule has 1 aromatic carbocycles. The van der Waals surface area contributed by atoms with Crippen molar-refractivity contribution in [2.75, 3.05) is 16.8 Å². The van der Waals surface area contributed by atoms with Crippen LogP contribution in [0.2, 0.25) is 0 Å². The van der Waals surface area contributed by atoms with Gasteiger partial charge in [-0.25, -0.2) is 9.97 Å². The van der Waals surface area contributed by atoms with Gasteiger partial charge in [0.05, 0.1) is 0 Å². The fraction of sp³-hybridized carbons (Fsp3) is 0.267. The minimum Gasteiger partial charge on any atom is -0.399 e. The van der Waals surface area contributed by atoms with Gasteiger partial charge in [0.2, 0.25) is 5.91 Å². The number of thioether (sulfide) groups is 1. The van der Waals surface area contributed by atoms with E-state index in [0.29, 0.717) is 12.1 Å². The molecule has 0 fully saturated rings. The Morgan fingerprint density at radius 1 is 1.33 bits per heavy atom. The molecule has 2 aromatic rings. The molecule has 3 N–H and O–H groups in total. The van der Waals surface area contributed by atoms with E-state index in [9.17, 15) is 4.79 Å². The van der Waals surface area contributed by atoms with Crippen LogP contribution in [0, 0.1) is 6.92 Å². The number of nitrogens with one attached hydrogen (secondary N) is 1. The minimum atomic E-state index is -0.00159. The molecule has 0 aliphatic carbocycles. The first-order valence-electron chi connectivity index (χ1n) is 6.71. The molecule has 21 heavy (non-hydrogen) atoms. The molecule has 0 radical (unpaired) electrons. The summed E-state index contributed by atoms with van der Waals surface area (Å²) < 4.78 is 0. The molecular formula is C15H18N4OS. The van der Waals surface area contributed by atoms with E-state index in [2.05, 4.69) is 15.3 Å². The summed E-state index contributed by atoms with van der Waals surface area (Å²) in [6, 6.07) is 7.28. The number of nitrogens with two attached hydrogens (primary N) is 1. The summed E-state index contributed by atoms with van der Waals surface area (Å²) in [5.41, 5.74) is 8.15. The summed E-state index contributed by atoms with van der Waals surface area (Å²) in [5.74, 6) is 0.811. The van der Waals surface area contributed by atoms with Crippen LogP contribution < -0.4 is 11.1 Å². The molecule has 1 aromatic heterocycles. The Bertz CT molecular complexity index is 604. The van der Waals surface area contributed by atoms with Gasteiger partial charge in [-0.1, -0.05) is 17.8 Å². The van der Waals surface area contributed by atoms with E-state index in [0.717, 1.165) is 28.6 Å². The van der Waals surface area contributed by atoms with E-state index in [1.165, 1.54) is 0 Å². The van der Waals surface area contributed by atoms with Crippen molar-refractivity contribution in [3.05, 3.63) is 42.2 Å². The maximum atomic E-state index is 11.9. The molecule has 1 heterocycles. The number of aryl methyl sites for hydroxylation is 1. The molecule has 0 atom stereocenters. The third-order valence-corrected chi connectivity index (χ3v) is 3.82. The van der Waals surface area contributed by atoms with E-state index in [1.54, 1.807) is 36.3 Å². The number of carbonyl (C=O) groups is 1. The maximum Gasteiger partial charge on any atom is 0.224 e. The number of anilines is 2. The summed E-state index contributed by atoms with van der Waals surface area (Å²) >= 11 is 1.55. The molecule has 110 valence electrons. The van der Waals surface area contributed by atoms with E-state index < -0.39 is 0 Å². The standard InChI is InChI=1S/C15H18N4OS/c1-11-5-6-12(16)10-13(11)19-14(20)4-2-9-21-15-17-7-3-8-18-15/h3,5-8,10H,2,4,9,16H2,1H3,(H,19,20). The first-order chi connectivity index (χ1) is 10.1. The van der Waals surface area contributed by atoms with Gasteiger partial charge in [-0.05, 0) is 37.1 Å². The highest BCUT2D eigenvalue weighted by Gasteiger charge is 2.05. The maximum absolute atomic E-state index is 11.9. The Morgan fingerprint density at radius 3 is 2.86 bits per heavy atom. The Morgan fingerprint density at radius 2 is 2.10 bits per heavy atom. The van der Waals surface area contributed by atoms with Gasteiger partial charge in [0, 0.05) is 35.9 Å². The average Bonchev–Trinajstić information content (AvgIpc) is 2.48. The van der Waals surface area contributed by atoms with Gasteiger partial charge in [-0.2, -0.15) is 0 Å². The number of rotatable bonds is 6. The van der Waals surface area contributed by atoms with Crippen LogP contribution in [0.15, 0.2) is 41.8 Å². The lowest BCUT2D eigenvalue weighted by molar-refractivity contribution is -0.116. The largest absolute Gasteiger partial charge is 0.399 e. The van der Waals surface area contributed by atoms with Crippen LogP contribution in [0.1, 0.15) is 18.4 Å². The number of hydrogen-bond donors (Lipinski definition) is 2. The van der Waals surface area contributed by atoms with E-state index in [4.69, 9.17) is 5.73 Å². The summed E-state index contributed by atoms with van der Waals surface area (Å²) in [4.78, 5) is 20.1. The predicted octanol–water partition coefficient (Wildman–Crippen LogP) is 2.88. The third kappa shape index (κ3) is 5.07. The molecule has 0 saturated carbocycles. The zero-order valence-electron chi connectivity index (χ0n) is 11.9. The van der Waals surface area contributed by atoms with Crippen LogP contribution >= 0.6 is 11.8 Å². The van der Waals surface area contributed by atoms with Gasteiger partial charge in [0.1, 0.15) is 0 Å². The monoisotopic (exact) mass is 302 g/mol. The van der Waals surface area contributed by atoms with Gasteiger partial charge >= 0.3 is 0 Å². The van der Waals surface area contributed by atoms with Crippen molar-refractivity contribution < 1.29 is 4.79 Å². The lowest BCUT2D eigenvalue weighted by Crippen LogP contribution is -2.12. The second-order valence-corrected chi connectivity index (χ2v) is 5.67. The van der Waals surface area contributed by atoms with Crippen molar-refractivity contribution in [3.63, 3.8) is 0 Å². The molecule has 0 aliphatic rings. The number of nitrogens with zero attached hydrogens (tertiary/aromatic N) is 2. The summed E-state index contributed by atoms with van der Waals surface area (Å²) in [6.45, 7) is 1.94. The molecule has 1 amide bonds. The average molecular weight is 302 g/mol. The van der Waals surface area contributed by atoms with E-state index in [-0.39, 0.29) is 5.91 Å². The molecule has 0 bridgehead atoms. The van der Waals surface area contributed by atoms with Gasteiger partial charge < -0.3 is 11.1 Å². The highest BCUT2D eigenvalue weighted by Crippen LogP contribution is 2.19. The summed E-state index contributed by atoms with van der Waals surface area (Å²) in [6.07, 6.45) is 4.67. The minimum absolute atomic E-state index is 0.00159. The number of amides is 1. The summed E-state index contributed by atoms with van der Waals surface area (Å²) in [7, 11) is 0. The highest BCUT2D eigenvalue weighted by atomic mass is 32.2. The quantitative estimate of drug-likeness (QED) is 0.371. The smallest absolute Gasteiger partial charge is 0.224 e. The molecule has 0 spiro atoms. The molecule has 2 rings (SSSR count). The number of carbonyl (C=O) groups excluding carboxylic acids is 1. The van der Waals surface area contributed by atoms with Crippen LogP contribution in [0.5, 0.6) is 0 Å². The Hall–Kier alpha value is -2.08. The Kier molecular flexibility index (Phi) is 5.57. The second-order valence-electron chi connectivity index (χ2n) is 4.61. The van der Waals surface area contributed by atoms with Gasteiger partial charge in [0.25, 0.3) is 0 Å². The Labute approximate surface area is 128 Å². The normalized spacial score (nSPS) is 10.3. The molecule has 0 unspecified atom stereocenters. The van der Waals surface area contributed by atoms with Crippen LogP contribution in [-0.2, 0) is 4.79 Å². The fourth-order valence-corrected chi connectivity index (χ4v) is 2.49. The topological polar surface area (TPSA) is 80.9 Å².